The van der Waals surface area contributed by atoms with Gasteiger partial charge in [-0.05, 0) is 42.3 Å². The highest BCUT2D eigenvalue weighted by Crippen LogP contribution is 2.17. The zero-order valence-electron chi connectivity index (χ0n) is 16.9. The van der Waals surface area contributed by atoms with Gasteiger partial charge in [0.2, 0.25) is 11.8 Å². The van der Waals surface area contributed by atoms with Gasteiger partial charge in [0.1, 0.15) is 0 Å². The van der Waals surface area contributed by atoms with Crippen molar-refractivity contribution in [3.63, 3.8) is 0 Å². The maximum Gasteiger partial charge on any atom is 0.243 e. The predicted octanol–water partition coefficient (Wildman–Crippen LogP) is 3.05. The normalized spacial score (nSPS) is 16.1. The van der Waals surface area contributed by atoms with E-state index in [9.17, 15) is 9.59 Å². The SMILES string of the molecule is CCc1ccccc1NC(=O)CNC(=O)CN(Cc1cccs1)C[C@@H]1CCCO1. The number of nitrogens with one attached hydrogen (secondary N) is 2. The van der Waals surface area contributed by atoms with Crippen LogP contribution >= 0.6 is 11.3 Å². The lowest BCUT2D eigenvalue weighted by atomic mass is 10.1. The molecule has 1 aromatic heterocycles. The lowest BCUT2D eigenvalue weighted by Crippen LogP contribution is -2.42. The number of hydrogen-bond acceptors (Lipinski definition) is 5. The second-order valence-corrected chi connectivity index (χ2v) is 8.25. The highest BCUT2D eigenvalue weighted by molar-refractivity contribution is 7.09. The first-order valence-corrected chi connectivity index (χ1v) is 11.0. The average molecular weight is 416 g/mol. The van der Waals surface area contributed by atoms with Crippen LogP contribution < -0.4 is 10.6 Å². The van der Waals surface area contributed by atoms with Gasteiger partial charge in [0.05, 0.1) is 19.2 Å². The van der Waals surface area contributed by atoms with Gasteiger partial charge in [0, 0.05) is 30.3 Å². The summed E-state index contributed by atoms with van der Waals surface area (Å²) in [5.41, 5.74) is 1.87. The van der Waals surface area contributed by atoms with Crippen molar-refractivity contribution in [1.82, 2.24) is 10.2 Å². The quantitative estimate of drug-likeness (QED) is 0.626. The van der Waals surface area contributed by atoms with Crippen LogP contribution in [0.5, 0.6) is 0 Å². The van der Waals surface area contributed by atoms with Crippen molar-refractivity contribution in [2.24, 2.45) is 0 Å². The Kier molecular flexibility index (Phi) is 8.22. The zero-order valence-corrected chi connectivity index (χ0v) is 17.7. The Bertz CT molecular complexity index is 788. The monoisotopic (exact) mass is 415 g/mol. The number of benzene rings is 1. The van der Waals surface area contributed by atoms with E-state index < -0.39 is 0 Å². The first-order valence-electron chi connectivity index (χ1n) is 10.1. The largest absolute Gasteiger partial charge is 0.377 e. The molecule has 0 radical (unpaired) electrons. The summed E-state index contributed by atoms with van der Waals surface area (Å²) < 4.78 is 5.74. The molecule has 1 fully saturated rings. The van der Waals surface area contributed by atoms with E-state index >= 15 is 0 Å². The number of nitrogens with zero attached hydrogens (tertiary/aromatic N) is 1. The van der Waals surface area contributed by atoms with Crippen LogP contribution in [-0.2, 0) is 27.3 Å². The van der Waals surface area contributed by atoms with Gasteiger partial charge in [0.25, 0.3) is 0 Å². The predicted molar refractivity (Wildman–Crippen MR) is 116 cm³/mol. The number of thiophene rings is 1. The van der Waals surface area contributed by atoms with Gasteiger partial charge in [-0.25, -0.2) is 0 Å². The van der Waals surface area contributed by atoms with E-state index in [2.05, 4.69) is 21.6 Å². The van der Waals surface area contributed by atoms with Crippen LogP contribution in [0.2, 0.25) is 0 Å². The van der Waals surface area contributed by atoms with Crippen LogP contribution in [0.4, 0.5) is 5.69 Å². The number of amides is 2. The van der Waals surface area contributed by atoms with Crippen molar-refractivity contribution in [3.05, 3.63) is 52.2 Å². The third-order valence-corrected chi connectivity index (χ3v) is 5.79. The molecule has 0 unspecified atom stereocenters. The van der Waals surface area contributed by atoms with Crippen LogP contribution in [-0.4, -0.2) is 49.1 Å². The van der Waals surface area contributed by atoms with E-state index in [1.807, 2.05) is 42.6 Å². The average Bonchev–Trinajstić information content (AvgIpc) is 3.41. The van der Waals surface area contributed by atoms with Crippen LogP contribution in [0.1, 0.15) is 30.2 Å². The highest BCUT2D eigenvalue weighted by atomic mass is 32.1. The second kappa shape index (κ2) is 11.1. The molecule has 156 valence electrons. The molecule has 1 atom stereocenters. The Labute approximate surface area is 176 Å². The van der Waals surface area contributed by atoms with Crippen molar-refractivity contribution in [3.8, 4) is 0 Å². The summed E-state index contributed by atoms with van der Waals surface area (Å²) in [6.07, 6.45) is 3.12. The molecule has 0 aliphatic carbocycles. The third kappa shape index (κ3) is 6.96. The Morgan fingerprint density at radius 1 is 1.21 bits per heavy atom. The molecule has 0 saturated carbocycles. The Morgan fingerprint density at radius 2 is 2.07 bits per heavy atom. The zero-order chi connectivity index (χ0) is 20.5. The number of carbonyl (C=O) groups is 2. The lowest BCUT2D eigenvalue weighted by molar-refractivity contribution is -0.125. The fourth-order valence-electron chi connectivity index (χ4n) is 3.47. The molecule has 1 saturated heterocycles. The van der Waals surface area contributed by atoms with Crippen molar-refractivity contribution in [2.75, 3.05) is 31.6 Å². The van der Waals surface area contributed by atoms with E-state index in [0.717, 1.165) is 43.7 Å². The van der Waals surface area contributed by atoms with Crippen molar-refractivity contribution in [1.29, 1.82) is 0 Å². The molecule has 29 heavy (non-hydrogen) atoms. The van der Waals surface area contributed by atoms with Gasteiger partial charge < -0.3 is 15.4 Å². The molecule has 3 rings (SSSR count). The first-order chi connectivity index (χ1) is 14.1. The molecule has 2 N–H and O–H groups in total. The second-order valence-electron chi connectivity index (χ2n) is 7.22. The molecule has 1 aliphatic rings. The summed E-state index contributed by atoms with van der Waals surface area (Å²) in [7, 11) is 0. The fourth-order valence-corrected chi connectivity index (χ4v) is 4.21. The van der Waals surface area contributed by atoms with E-state index in [4.69, 9.17) is 4.74 Å². The number of ether oxygens (including phenoxy) is 1. The minimum atomic E-state index is -0.219. The van der Waals surface area contributed by atoms with Gasteiger partial charge >= 0.3 is 0 Å². The van der Waals surface area contributed by atoms with E-state index in [-0.39, 0.29) is 31.0 Å². The third-order valence-electron chi connectivity index (χ3n) is 4.93. The summed E-state index contributed by atoms with van der Waals surface area (Å²) in [5, 5.41) is 7.66. The van der Waals surface area contributed by atoms with Crippen LogP contribution in [0.15, 0.2) is 41.8 Å². The molecular weight excluding hydrogens is 386 g/mol. The van der Waals surface area contributed by atoms with Crippen molar-refractivity contribution >= 4 is 28.8 Å². The summed E-state index contributed by atoms with van der Waals surface area (Å²) in [6, 6.07) is 11.8. The molecule has 2 aromatic rings. The summed E-state index contributed by atoms with van der Waals surface area (Å²) in [5.74, 6) is -0.373. The molecule has 0 bridgehead atoms. The standard InChI is InChI=1S/C22H29N3O3S/c1-2-17-7-3-4-10-20(17)24-21(26)13-23-22(27)16-25(14-18-8-5-11-28-18)15-19-9-6-12-29-19/h3-4,6-7,9-10,12,18H,2,5,8,11,13-16H2,1H3,(H,23,27)(H,24,26)/t18-/m0/s1. The van der Waals surface area contributed by atoms with Gasteiger partial charge in [-0.2, -0.15) is 0 Å². The smallest absolute Gasteiger partial charge is 0.243 e. The maximum atomic E-state index is 12.5. The fraction of sp³-hybridized carbons (Fsp3) is 0.455. The van der Waals surface area contributed by atoms with Gasteiger partial charge in [-0.3, -0.25) is 14.5 Å². The van der Waals surface area contributed by atoms with Gasteiger partial charge in [-0.1, -0.05) is 31.2 Å². The van der Waals surface area contributed by atoms with E-state index in [0.29, 0.717) is 6.54 Å². The molecule has 2 amide bonds. The molecule has 1 aliphatic heterocycles. The Morgan fingerprint density at radius 3 is 2.79 bits per heavy atom. The van der Waals surface area contributed by atoms with E-state index in [1.54, 1.807) is 11.3 Å². The molecule has 7 heteroatoms. The molecule has 2 heterocycles. The van der Waals surface area contributed by atoms with Gasteiger partial charge in [0.15, 0.2) is 0 Å². The summed E-state index contributed by atoms with van der Waals surface area (Å²) in [4.78, 5) is 28.0. The number of para-hydroxylation sites is 1. The molecular formula is C22H29N3O3S. The molecule has 6 nitrogen and oxygen atoms in total. The first kappa shape index (κ1) is 21.5. The minimum Gasteiger partial charge on any atom is -0.377 e. The minimum absolute atomic E-state index is 0.0380. The summed E-state index contributed by atoms with van der Waals surface area (Å²) in [6.45, 7) is 4.48. The topological polar surface area (TPSA) is 70.7 Å². The van der Waals surface area contributed by atoms with Crippen LogP contribution in [0, 0.1) is 0 Å². The van der Waals surface area contributed by atoms with Crippen molar-refractivity contribution < 1.29 is 14.3 Å². The number of rotatable bonds is 10. The van der Waals surface area contributed by atoms with Gasteiger partial charge in [-0.15, -0.1) is 11.3 Å². The van der Waals surface area contributed by atoms with Crippen molar-refractivity contribution in [2.45, 2.75) is 38.8 Å². The number of hydrogen-bond donors (Lipinski definition) is 2. The molecule has 0 spiro atoms. The molecule has 1 aromatic carbocycles. The lowest BCUT2D eigenvalue weighted by Gasteiger charge is -2.24. The number of carbonyl (C=O) groups excluding carboxylic acids is 2. The number of aryl methyl sites for hydroxylation is 1. The Balaban J connectivity index is 1.48. The highest BCUT2D eigenvalue weighted by Gasteiger charge is 2.21. The van der Waals surface area contributed by atoms with E-state index in [1.165, 1.54) is 4.88 Å². The van der Waals surface area contributed by atoms with Crippen LogP contribution in [0.3, 0.4) is 0 Å². The maximum absolute atomic E-state index is 12.5. The van der Waals surface area contributed by atoms with Crippen LogP contribution in [0.25, 0.3) is 0 Å². The number of anilines is 1. The Hall–Kier alpha value is -2.22. The summed E-state index contributed by atoms with van der Waals surface area (Å²) >= 11 is 1.68.